The first-order valence-electron chi connectivity index (χ1n) is 6.11. The zero-order chi connectivity index (χ0) is 13.7. The lowest BCUT2D eigenvalue weighted by Gasteiger charge is -2.18. The minimum Gasteiger partial charge on any atom is -0.376 e. The molecule has 1 amide bonds. The highest BCUT2D eigenvalue weighted by atomic mass is 16.5. The summed E-state index contributed by atoms with van der Waals surface area (Å²) in [6.45, 7) is 3.42. The highest BCUT2D eigenvalue weighted by molar-refractivity contribution is 5.94. The Morgan fingerprint density at radius 2 is 2.47 bits per heavy atom. The Hall–Kier alpha value is -1.97. The average Bonchev–Trinajstić information content (AvgIpc) is 2.86. The molecule has 1 aliphatic heterocycles. The quantitative estimate of drug-likeness (QED) is 0.852. The predicted molar refractivity (Wildman–Crippen MR) is 66.4 cm³/mol. The van der Waals surface area contributed by atoms with Gasteiger partial charge in [0, 0.05) is 12.8 Å². The Bertz CT molecular complexity index is 481. The third-order valence-electron chi connectivity index (χ3n) is 2.87. The Morgan fingerprint density at radius 1 is 1.63 bits per heavy atom. The first-order valence-corrected chi connectivity index (χ1v) is 6.11. The van der Waals surface area contributed by atoms with Gasteiger partial charge in [0.25, 0.3) is 5.91 Å². The van der Waals surface area contributed by atoms with E-state index in [1.807, 2.05) is 13.0 Å². The molecule has 0 aromatic carbocycles. The van der Waals surface area contributed by atoms with E-state index in [1.165, 1.54) is 12.3 Å². The lowest BCUT2D eigenvalue weighted by atomic mass is 10.2. The number of carbonyl (C=O) groups is 1. The number of pyridine rings is 1. The van der Waals surface area contributed by atoms with Gasteiger partial charge in [0.1, 0.15) is 17.9 Å². The molecule has 0 unspecified atom stereocenters. The van der Waals surface area contributed by atoms with Gasteiger partial charge in [-0.15, -0.1) is 0 Å². The second-order valence-electron chi connectivity index (χ2n) is 4.16. The molecule has 19 heavy (non-hydrogen) atoms. The SMILES string of the molecule is CCO[C@H]1COC[C@@H]1NC(=O)c1ccc(C#N)nc1. The summed E-state index contributed by atoms with van der Waals surface area (Å²) in [6, 6.07) is 4.85. The van der Waals surface area contributed by atoms with E-state index in [0.29, 0.717) is 25.4 Å². The topological polar surface area (TPSA) is 84.2 Å². The second kappa shape index (κ2) is 6.27. The number of hydrogen-bond donors (Lipinski definition) is 1. The Kier molecular flexibility index (Phi) is 4.44. The van der Waals surface area contributed by atoms with Crippen molar-refractivity contribution in [3.63, 3.8) is 0 Å². The number of aromatic nitrogens is 1. The predicted octanol–water partition coefficient (Wildman–Crippen LogP) is 0.487. The molecule has 0 spiro atoms. The molecule has 0 aliphatic carbocycles. The summed E-state index contributed by atoms with van der Waals surface area (Å²) in [7, 11) is 0. The fraction of sp³-hybridized carbons (Fsp3) is 0.462. The van der Waals surface area contributed by atoms with Crippen molar-refractivity contribution in [1.82, 2.24) is 10.3 Å². The number of rotatable bonds is 4. The zero-order valence-corrected chi connectivity index (χ0v) is 10.6. The molecule has 1 aromatic heterocycles. The van der Waals surface area contributed by atoms with Crippen LogP contribution in [0.25, 0.3) is 0 Å². The molecule has 1 N–H and O–H groups in total. The van der Waals surface area contributed by atoms with E-state index in [0.717, 1.165) is 0 Å². The molecule has 1 saturated heterocycles. The molecule has 6 heteroatoms. The minimum atomic E-state index is -0.239. The molecule has 0 bridgehead atoms. The summed E-state index contributed by atoms with van der Waals surface area (Å²) in [5.41, 5.74) is 0.703. The van der Waals surface area contributed by atoms with Crippen molar-refractivity contribution in [3.8, 4) is 6.07 Å². The summed E-state index contributed by atoms with van der Waals surface area (Å²) in [5.74, 6) is -0.239. The fourth-order valence-corrected chi connectivity index (χ4v) is 1.89. The molecule has 0 radical (unpaired) electrons. The van der Waals surface area contributed by atoms with Gasteiger partial charge in [0.15, 0.2) is 0 Å². The van der Waals surface area contributed by atoms with Gasteiger partial charge in [-0.1, -0.05) is 0 Å². The third-order valence-corrected chi connectivity index (χ3v) is 2.87. The molecule has 2 rings (SSSR count). The highest BCUT2D eigenvalue weighted by Crippen LogP contribution is 2.11. The van der Waals surface area contributed by atoms with Gasteiger partial charge in [0.2, 0.25) is 0 Å². The number of hydrogen-bond acceptors (Lipinski definition) is 5. The minimum absolute atomic E-state index is 0.111. The van der Waals surface area contributed by atoms with Crippen LogP contribution in [0.1, 0.15) is 23.0 Å². The summed E-state index contributed by atoms with van der Waals surface area (Å²) in [5, 5.41) is 11.5. The van der Waals surface area contributed by atoms with Crippen LogP contribution in [0.4, 0.5) is 0 Å². The number of ether oxygens (including phenoxy) is 2. The van der Waals surface area contributed by atoms with E-state index in [2.05, 4.69) is 10.3 Å². The van der Waals surface area contributed by atoms with Crippen LogP contribution in [0, 0.1) is 11.3 Å². The van der Waals surface area contributed by atoms with Crippen molar-refractivity contribution < 1.29 is 14.3 Å². The van der Waals surface area contributed by atoms with Gasteiger partial charge in [-0.25, -0.2) is 4.98 Å². The van der Waals surface area contributed by atoms with E-state index >= 15 is 0 Å². The van der Waals surface area contributed by atoms with Crippen LogP contribution in [0.2, 0.25) is 0 Å². The van der Waals surface area contributed by atoms with Crippen molar-refractivity contribution in [1.29, 1.82) is 5.26 Å². The van der Waals surface area contributed by atoms with E-state index in [9.17, 15) is 4.79 Å². The molecule has 6 nitrogen and oxygen atoms in total. The van der Waals surface area contributed by atoms with Crippen LogP contribution < -0.4 is 5.32 Å². The van der Waals surface area contributed by atoms with Crippen LogP contribution in [0.15, 0.2) is 18.3 Å². The van der Waals surface area contributed by atoms with Crippen LogP contribution in [0.5, 0.6) is 0 Å². The van der Waals surface area contributed by atoms with Gasteiger partial charge in [-0.3, -0.25) is 4.79 Å². The summed E-state index contributed by atoms with van der Waals surface area (Å²) < 4.78 is 10.8. The van der Waals surface area contributed by atoms with E-state index in [4.69, 9.17) is 14.7 Å². The normalized spacial score (nSPS) is 21.9. The van der Waals surface area contributed by atoms with Gasteiger partial charge in [-0.2, -0.15) is 5.26 Å². The number of nitriles is 1. The van der Waals surface area contributed by atoms with E-state index < -0.39 is 0 Å². The lowest BCUT2D eigenvalue weighted by Crippen LogP contribution is -2.43. The number of nitrogens with zero attached hydrogens (tertiary/aromatic N) is 2. The van der Waals surface area contributed by atoms with Crippen molar-refractivity contribution in [2.24, 2.45) is 0 Å². The maximum atomic E-state index is 12.0. The molecule has 1 aromatic rings. The summed E-state index contributed by atoms with van der Waals surface area (Å²) >= 11 is 0. The number of nitrogens with one attached hydrogen (secondary N) is 1. The van der Waals surface area contributed by atoms with Crippen molar-refractivity contribution >= 4 is 5.91 Å². The summed E-state index contributed by atoms with van der Waals surface area (Å²) in [4.78, 5) is 15.9. The van der Waals surface area contributed by atoms with Crippen molar-refractivity contribution in [3.05, 3.63) is 29.6 Å². The zero-order valence-electron chi connectivity index (χ0n) is 10.6. The molecule has 2 heterocycles. The Balaban J connectivity index is 1.98. The van der Waals surface area contributed by atoms with Crippen molar-refractivity contribution in [2.45, 2.75) is 19.1 Å². The van der Waals surface area contributed by atoms with Gasteiger partial charge in [-0.05, 0) is 19.1 Å². The third kappa shape index (κ3) is 3.28. The monoisotopic (exact) mass is 261 g/mol. The Morgan fingerprint density at radius 3 is 3.11 bits per heavy atom. The molecule has 1 aliphatic rings. The van der Waals surface area contributed by atoms with Crippen LogP contribution in [-0.4, -0.2) is 42.9 Å². The molecular formula is C13H15N3O3. The van der Waals surface area contributed by atoms with Gasteiger partial charge < -0.3 is 14.8 Å². The molecular weight excluding hydrogens is 246 g/mol. The fourth-order valence-electron chi connectivity index (χ4n) is 1.89. The van der Waals surface area contributed by atoms with E-state index in [-0.39, 0.29) is 23.7 Å². The Labute approximate surface area is 111 Å². The molecule has 100 valence electrons. The average molecular weight is 261 g/mol. The van der Waals surface area contributed by atoms with Crippen LogP contribution in [-0.2, 0) is 9.47 Å². The highest BCUT2D eigenvalue weighted by Gasteiger charge is 2.30. The lowest BCUT2D eigenvalue weighted by molar-refractivity contribution is 0.0402. The van der Waals surface area contributed by atoms with Gasteiger partial charge in [0.05, 0.1) is 24.8 Å². The number of carbonyl (C=O) groups excluding carboxylic acids is 1. The first kappa shape index (κ1) is 13.5. The molecule has 2 atom stereocenters. The van der Waals surface area contributed by atoms with Crippen molar-refractivity contribution in [2.75, 3.05) is 19.8 Å². The molecule has 0 saturated carbocycles. The van der Waals surface area contributed by atoms with Gasteiger partial charge >= 0.3 is 0 Å². The maximum Gasteiger partial charge on any atom is 0.253 e. The molecule has 1 fully saturated rings. The second-order valence-corrected chi connectivity index (χ2v) is 4.16. The maximum absolute atomic E-state index is 12.0. The largest absolute Gasteiger partial charge is 0.376 e. The standard InChI is InChI=1S/C13H15N3O3/c1-2-19-12-8-18-7-11(12)16-13(17)9-3-4-10(5-14)15-6-9/h3-4,6,11-12H,2,7-8H2,1H3,(H,16,17)/t11-,12-/m0/s1. The van der Waals surface area contributed by atoms with Crippen LogP contribution >= 0.6 is 0 Å². The first-order chi connectivity index (χ1) is 9.24. The smallest absolute Gasteiger partial charge is 0.253 e. The van der Waals surface area contributed by atoms with E-state index in [1.54, 1.807) is 6.07 Å². The van der Waals surface area contributed by atoms with Crippen LogP contribution in [0.3, 0.4) is 0 Å². The summed E-state index contributed by atoms with van der Waals surface area (Å²) in [6.07, 6.45) is 1.28. The number of amides is 1.